The van der Waals surface area contributed by atoms with Gasteiger partial charge in [-0.25, -0.2) is 4.98 Å². The molecule has 3 aromatic rings. The summed E-state index contributed by atoms with van der Waals surface area (Å²) in [5.41, 5.74) is 12.4. The summed E-state index contributed by atoms with van der Waals surface area (Å²) in [6, 6.07) is 17.1. The van der Waals surface area contributed by atoms with Crippen LogP contribution in [-0.2, 0) is 23.4 Å². The summed E-state index contributed by atoms with van der Waals surface area (Å²) in [6.45, 7) is 2.44. The molecule has 0 saturated heterocycles. The van der Waals surface area contributed by atoms with E-state index in [1.807, 2.05) is 59.2 Å². The molecule has 7 nitrogen and oxygen atoms in total. The molecule has 1 heterocycles. The standard InChI is InChI=1S/C30H37ClN4O3/c1-2-3-12-26-34-27(31)25(19-36)35(26)18-21-13-15-22(16-14-21)24-11-7-8-17-29(24,28(33)37)30(38,20-32)23-9-5-4-6-10-23/h4-6,9-10,13-16,19,24,38H,2-3,7-8,11-12,17-18,20,32H2,1H3,(H2,33,37)/t24?,29?,30-/m0/s1. The van der Waals surface area contributed by atoms with Gasteiger partial charge in [-0.2, -0.15) is 0 Å². The zero-order valence-electron chi connectivity index (χ0n) is 21.9. The minimum absolute atomic E-state index is 0.120. The molecule has 5 N–H and O–H groups in total. The first-order valence-corrected chi connectivity index (χ1v) is 13.8. The average molecular weight is 537 g/mol. The fraction of sp³-hybridized carbons (Fsp3) is 0.433. The highest BCUT2D eigenvalue weighted by Gasteiger charge is 2.60. The molecule has 1 amide bonds. The van der Waals surface area contributed by atoms with E-state index >= 15 is 0 Å². The Morgan fingerprint density at radius 3 is 2.53 bits per heavy atom. The van der Waals surface area contributed by atoms with Gasteiger partial charge in [0.05, 0.1) is 5.41 Å². The van der Waals surface area contributed by atoms with Crippen molar-refractivity contribution in [1.29, 1.82) is 0 Å². The van der Waals surface area contributed by atoms with Gasteiger partial charge in [0.2, 0.25) is 5.91 Å². The van der Waals surface area contributed by atoms with Crippen LogP contribution in [0.4, 0.5) is 0 Å². The SMILES string of the molecule is CCCCc1nc(Cl)c(C=O)n1Cc1ccc(C2CCCCC2(C(N)=O)[C@](O)(CN)c2ccccc2)cc1. The lowest BCUT2D eigenvalue weighted by molar-refractivity contribution is -0.159. The number of aryl methyl sites for hydroxylation is 1. The predicted molar refractivity (Wildman–Crippen MR) is 149 cm³/mol. The average Bonchev–Trinajstić information content (AvgIpc) is 3.25. The van der Waals surface area contributed by atoms with Crippen molar-refractivity contribution in [3.8, 4) is 0 Å². The number of amides is 1. The number of aliphatic hydroxyl groups is 1. The highest BCUT2D eigenvalue weighted by molar-refractivity contribution is 6.31. The minimum atomic E-state index is -1.61. The third-order valence-electron chi connectivity index (χ3n) is 8.26. The number of imidazole rings is 1. The van der Waals surface area contributed by atoms with Crippen LogP contribution >= 0.6 is 11.6 Å². The van der Waals surface area contributed by atoms with Gasteiger partial charge in [0.1, 0.15) is 17.1 Å². The van der Waals surface area contributed by atoms with E-state index in [0.29, 0.717) is 30.6 Å². The van der Waals surface area contributed by atoms with Crippen molar-refractivity contribution in [1.82, 2.24) is 9.55 Å². The second kappa shape index (κ2) is 11.8. The maximum Gasteiger partial charge on any atom is 0.227 e. The molecule has 2 unspecified atom stereocenters. The third kappa shape index (κ3) is 4.91. The number of aldehydes is 1. The molecule has 1 aliphatic carbocycles. The molecule has 38 heavy (non-hydrogen) atoms. The van der Waals surface area contributed by atoms with Crippen molar-refractivity contribution in [3.63, 3.8) is 0 Å². The van der Waals surface area contributed by atoms with Crippen molar-refractivity contribution in [3.05, 3.63) is 88.0 Å². The maximum atomic E-state index is 13.3. The Morgan fingerprint density at radius 1 is 1.21 bits per heavy atom. The van der Waals surface area contributed by atoms with Crippen LogP contribution in [0.2, 0.25) is 5.15 Å². The van der Waals surface area contributed by atoms with E-state index in [-0.39, 0.29) is 17.6 Å². The van der Waals surface area contributed by atoms with Gasteiger partial charge in [-0.1, -0.05) is 92.4 Å². The van der Waals surface area contributed by atoms with Crippen molar-refractivity contribution < 1.29 is 14.7 Å². The fourth-order valence-corrected chi connectivity index (χ4v) is 6.47. The van der Waals surface area contributed by atoms with Crippen LogP contribution < -0.4 is 11.5 Å². The molecule has 2 aromatic carbocycles. The summed E-state index contributed by atoms with van der Waals surface area (Å²) in [5.74, 6) is -0.0452. The van der Waals surface area contributed by atoms with E-state index < -0.39 is 16.9 Å². The number of benzene rings is 2. The molecular formula is C30H37ClN4O3. The van der Waals surface area contributed by atoms with Gasteiger partial charge in [0, 0.05) is 25.4 Å². The van der Waals surface area contributed by atoms with E-state index in [1.54, 1.807) is 0 Å². The van der Waals surface area contributed by atoms with Crippen LogP contribution in [0.5, 0.6) is 0 Å². The first-order valence-electron chi connectivity index (χ1n) is 13.4. The highest BCUT2D eigenvalue weighted by atomic mass is 35.5. The zero-order valence-corrected chi connectivity index (χ0v) is 22.7. The quantitative estimate of drug-likeness (QED) is 0.306. The normalized spacial score (nSPS) is 21.1. The van der Waals surface area contributed by atoms with Gasteiger partial charge in [-0.3, -0.25) is 9.59 Å². The van der Waals surface area contributed by atoms with E-state index in [2.05, 4.69) is 11.9 Å². The first-order chi connectivity index (χ1) is 18.3. The van der Waals surface area contributed by atoms with E-state index in [9.17, 15) is 14.7 Å². The van der Waals surface area contributed by atoms with Crippen molar-refractivity contribution in [2.45, 2.75) is 69.9 Å². The van der Waals surface area contributed by atoms with Gasteiger partial charge >= 0.3 is 0 Å². The number of carbonyl (C=O) groups excluding carboxylic acids is 2. The van der Waals surface area contributed by atoms with Gasteiger partial charge in [-0.15, -0.1) is 0 Å². The Morgan fingerprint density at radius 2 is 1.92 bits per heavy atom. The predicted octanol–water partition coefficient (Wildman–Crippen LogP) is 4.72. The molecule has 0 aliphatic heterocycles. The van der Waals surface area contributed by atoms with Crippen LogP contribution in [0.1, 0.15) is 84.4 Å². The monoisotopic (exact) mass is 536 g/mol. The Kier molecular flexibility index (Phi) is 8.71. The molecular weight excluding hydrogens is 500 g/mol. The zero-order chi connectivity index (χ0) is 27.3. The first kappa shape index (κ1) is 28.0. The number of rotatable bonds is 11. The lowest BCUT2D eigenvalue weighted by Gasteiger charge is -2.52. The maximum absolute atomic E-state index is 13.3. The molecule has 0 spiro atoms. The third-order valence-corrected chi connectivity index (χ3v) is 8.54. The van der Waals surface area contributed by atoms with Crippen LogP contribution in [0, 0.1) is 5.41 Å². The van der Waals surface area contributed by atoms with E-state index in [1.165, 1.54) is 0 Å². The topological polar surface area (TPSA) is 124 Å². The van der Waals surface area contributed by atoms with Gasteiger partial charge < -0.3 is 21.1 Å². The van der Waals surface area contributed by atoms with E-state index in [0.717, 1.165) is 55.3 Å². The molecule has 0 bridgehead atoms. The smallest absolute Gasteiger partial charge is 0.227 e. The van der Waals surface area contributed by atoms with Crippen LogP contribution in [-0.4, -0.2) is 33.4 Å². The fourth-order valence-electron chi connectivity index (χ4n) is 6.22. The number of aromatic nitrogens is 2. The Balaban J connectivity index is 1.71. The number of primary amides is 1. The Hall–Kier alpha value is -3.00. The Labute approximate surface area is 229 Å². The van der Waals surface area contributed by atoms with Crippen molar-refractivity contribution in [2.24, 2.45) is 16.9 Å². The molecule has 202 valence electrons. The van der Waals surface area contributed by atoms with E-state index in [4.69, 9.17) is 23.1 Å². The number of carbonyl (C=O) groups is 2. The number of halogens is 1. The number of unbranched alkanes of at least 4 members (excludes halogenated alkanes) is 1. The summed E-state index contributed by atoms with van der Waals surface area (Å²) in [5, 5.41) is 12.3. The summed E-state index contributed by atoms with van der Waals surface area (Å²) in [6.07, 6.45) is 6.32. The number of hydrogen-bond acceptors (Lipinski definition) is 5. The molecule has 0 radical (unpaired) electrons. The summed E-state index contributed by atoms with van der Waals surface area (Å²) in [7, 11) is 0. The highest BCUT2D eigenvalue weighted by Crippen LogP contribution is 2.56. The lowest BCUT2D eigenvalue weighted by Crippen LogP contribution is -2.61. The van der Waals surface area contributed by atoms with Gasteiger partial charge in [0.15, 0.2) is 11.4 Å². The summed E-state index contributed by atoms with van der Waals surface area (Å²) in [4.78, 5) is 29.4. The molecule has 1 saturated carbocycles. The van der Waals surface area contributed by atoms with Crippen molar-refractivity contribution in [2.75, 3.05) is 6.54 Å². The second-order valence-electron chi connectivity index (χ2n) is 10.3. The molecule has 1 aliphatic rings. The number of hydrogen-bond donors (Lipinski definition) is 3. The largest absolute Gasteiger partial charge is 0.383 e. The summed E-state index contributed by atoms with van der Waals surface area (Å²) < 4.78 is 1.87. The Bertz CT molecular complexity index is 1260. The summed E-state index contributed by atoms with van der Waals surface area (Å²) >= 11 is 6.25. The molecule has 3 atom stereocenters. The molecule has 8 heteroatoms. The van der Waals surface area contributed by atoms with Gasteiger partial charge in [-0.05, 0) is 36.0 Å². The van der Waals surface area contributed by atoms with Crippen LogP contribution in [0.25, 0.3) is 0 Å². The number of nitrogens with two attached hydrogens (primary N) is 2. The molecule has 1 fully saturated rings. The second-order valence-corrected chi connectivity index (χ2v) is 10.7. The molecule has 4 rings (SSSR count). The lowest BCUT2D eigenvalue weighted by atomic mass is 9.53. The minimum Gasteiger partial charge on any atom is -0.383 e. The number of nitrogens with zero attached hydrogens (tertiary/aromatic N) is 2. The molecule has 1 aromatic heterocycles. The van der Waals surface area contributed by atoms with Crippen LogP contribution in [0.15, 0.2) is 54.6 Å². The van der Waals surface area contributed by atoms with Crippen molar-refractivity contribution >= 4 is 23.8 Å². The van der Waals surface area contributed by atoms with Gasteiger partial charge in [0.25, 0.3) is 0 Å². The van der Waals surface area contributed by atoms with Crippen LogP contribution in [0.3, 0.4) is 0 Å².